The van der Waals surface area contributed by atoms with E-state index in [4.69, 9.17) is 0 Å². The standard InChI is InChI=1S/C17H26N2O/c1-13-3-6-16(7-4-13)14(2)19-17(20)8-5-15-9-11-18-12-10-15/h3-4,6-7,14-15,18H,5,8-12H2,1-2H3,(H,19,20). The van der Waals surface area contributed by atoms with Crippen molar-refractivity contribution in [3.63, 3.8) is 0 Å². The van der Waals surface area contributed by atoms with Gasteiger partial charge in [0.1, 0.15) is 0 Å². The Morgan fingerprint density at radius 3 is 2.60 bits per heavy atom. The molecule has 0 aromatic heterocycles. The summed E-state index contributed by atoms with van der Waals surface area (Å²) in [6.07, 6.45) is 4.09. The van der Waals surface area contributed by atoms with Crippen molar-refractivity contribution in [2.45, 2.75) is 45.6 Å². The van der Waals surface area contributed by atoms with E-state index in [0.29, 0.717) is 6.42 Å². The molecule has 0 bridgehead atoms. The van der Waals surface area contributed by atoms with Crippen LogP contribution in [0, 0.1) is 12.8 Å². The third-order valence-electron chi connectivity index (χ3n) is 4.19. The second-order valence-corrected chi connectivity index (χ2v) is 5.93. The number of aryl methyl sites for hydroxylation is 1. The molecule has 1 aliphatic rings. The molecule has 0 spiro atoms. The van der Waals surface area contributed by atoms with Crippen LogP contribution < -0.4 is 10.6 Å². The molecule has 1 amide bonds. The first kappa shape index (κ1) is 15.0. The summed E-state index contributed by atoms with van der Waals surface area (Å²) in [5.41, 5.74) is 2.42. The SMILES string of the molecule is Cc1ccc(C(C)NC(=O)CCC2CCNCC2)cc1. The topological polar surface area (TPSA) is 41.1 Å². The van der Waals surface area contributed by atoms with Gasteiger partial charge in [0, 0.05) is 6.42 Å². The van der Waals surface area contributed by atoms with E-state index < -0.39 is 0 Å². The van der Waals surface area contributed by atoms with Crippen molar-refractivity contribution in [1.82, 2.24) is 10.6 Å². The predicted octanol–water partition coefficient (Wildman–Crippen LogP) is 2.95. The Balaban J connectivity index is 1.74. The quantitative estimate of drug-likeness (QED) is 0.866. The number of hydrogen-bond donors (Lipinski definition) is 2. The van der Waals surface area contributed by atoms with Gasteiger partial charge in [-0.3, -0.25) is 4.79 Å². The molecule has 1 atom stereocenters. The van der Waals surface area contributed by atoms with Gasteiger partial charge >= 0.3 is 0 Å². The lowest BCUT2D eigenvalue weighted by molar-refractivity contribution is -0.122. The van der Waals surface area contributed by atoms with Gasteiger partial charge in [-0.1, -0.05) is 29.8 Å². The molecule has 1 aliphatic heterocycles. The molecule has 1 aromatic rings. The van der Waals surface area contributed by atoms with Crippen molar-refractivity contribution in [3.05, 3.63) is 35.4 Å². The summed E-state index contributed by atoms with van der Waals surface area (Å²) in [6, 6.07) is 8.45. The summed E-state index contributed by atoms with van der Waals surface area (Å²) in [4.78, 5) is 12.0. The van der Waals surface area contributed by atoms with Gasteiger partial charge in [0.15, 0.2) is 0 Å². The van der Waals surface area contributed by atoms with E-state index in [1.54, 1.807) is 0 Å². The van der Waals surface area contributed by atoms with Gasteiger partial charge in [-0.05, 0) is 57.7 Å². The van der Waals surface area contributed by atoms with Crippen LogP contribution in [0.4, 0.5) is 0 Å². The molecule has 1 aromatic carbocycles. The molecule has 0 saturated carbocycles. The number of benzene rings is 1. The molecule has 3 heteroatoms. The summed E-state index contributed by atoms with van der Waals surface area (Å²) in [6.45, 7) is 6.33. The van der Waals surface area contributed by atoms with Crippen LogP contribution in [0.5, 0.6) is 0 Å². The lowest BCUT2D eigenvalue weighted by atomic mass is 9.93. The predicted molar refractivity (Wildman–Crippen MR) is 82.6 cm³/mol. The van der Waals surface area contributed by atoms with E-state index in [-0.39, 0.29) is 11.9 Å². The minimum Gasteiger partial charge on any atom is -0.350 e. The summed E-state index contributed by atoms with van der Waals surface area (Å²) < 4.78 is 0. The molecule has 110 valence electrons. The Kier molecular flexibility index (Phi) is 5.60. The van der Waals surface area contributed by atoms with Gasteiger partial charge in [0.25, 0.3) is 0 Å². The van der Waals surface area contributed by atoms with Crippen molar-refractivity contribution < 1.29 is 4.79 Å². The van der Waals surface area contributed by atoms with Gasteiger partial charge in [-0.15, -0.1) is 0 Å². The van der Waals surface area contributed by atoms with Gasteiger partial charge in [0.05, 0.1) is 6.04 Å². The van der Waals surface area contributed by atoms with E-state index in [1.165, 1.54) is 24.0 Å². The number of hydrogen-bond acceptors (Lipinski definition) is 2. The van der Waals surface area contributed by atoms with Crippen LogP contribution in [-0.2, 0) is 4.79 Å². The van der Waals surface area contributed by atoms with Crippen LogP contribution in [0.2, 0.25) is 0 Å². The van der Waals surface area contributed by atoms with Gasteiger partial charge in [-0.25, -0.2) is 0 Å². The molecule has 0 aliphatic carbocycles. The van der Waals surface area contributed by atoms with Crippen LogP contribution >= 0.6 is 0 Å². The Hall–Kier alpha value is -1.35. The molecule has 1 unspecified atom stereocenters. The minimum atomic E-state index is 0.0936. The van der Waals surface area contributed by atoms with Crippen molar-refractivity contribution >= 4 is 5.91 Å². The highest BCUT2D eigenvalue weighted by Crippen LogP contribution is 2.18. The molecular weight excluding hydrogens is 248 g/mol. The van der Waals surface area contributed by atoms with E-state index in [0.717, 1.165) is 25.4 Å². The summed E-state index contributed by atoms with van der Waals surface area (Å²) >= 11 is 0. The molecule has 1 fully saturated rings. The molecular formula is C17H26N2O. The monoisotopic (exact) mass is 274 g/mol. The van der Waals surface area contributed by atoms with Crippen molar-refractivity contribution in [1.29, 1.82) is 0 Å². The zero-order valence-electron chi connectivity index (χ0n) is 12.6. The lowest BCUT2D eigenvalue weighted by Crippen LogP contribution is -2.30. The first-order valence-electron chi connectivity index (χ1n) is 7.72. The Labute approximate surface area is 122 Å². The average molecular weight is 274 g/mol. The van der Waals surface area contributed by atoms with Crippen molar-refractivity contribution in [3.8, 4) is 0 Å². The fourth-order valence-corrected chi connectivity index (χ4v) is 2.76. The van der Waals surface area contributed by atoms with Crippen molar-refractivity contribution in [2.75, 3.05) is 13.1 Å². The first-order valence-corrected chi connectivity index (χ1v) is 7.72. The maximum Gasteiger partial charge on any atom is 0.220 e. The van der Waals surface area contributed by atoms with Crippen LogP contribution in [0.1, 0.15) is 49.8 Å². The third-order valence-corrected chi connectivity index (χ3v) is 4.19. The number of piperidine rings is 1. The van der Waals surface area contributed by atoms with Crippen LogP contribution in [-0.4, -0.2) is 19.0 Å². The number of nitrogens with one attached hydrogen (secondary N) is 2. The number of amides is 1. The maximum atomic E-state index is 12.0. The van der Waals surface area contributed by atoms with Crippen LogP contribution in [0.15, 0.2) is 24.3 Å². The fraction of sp³-hybridized carbons (Fsp3) is 0.588. The third kappa shape index (κ3) is 4.64. The van der Waals surface area contributed by atoms with E-state index in [1.807, 2.05) is 6.92 Å². The summed E-state index contributed by atoms with van der Waals surface area (Å²) in [5.74, 6) is 0.897. The maximum absolute atomic E-state index is 12.0. The van der Waals surface area contributed by atoms with Crippen LogP contribution in [0.25, 0.3) is 0 Å². The van der Waals surface area contributed by atoms with Crippen molar-refractivity contribution in [2.24, 2.45) is 5.92 Å². The first-order chi connectivity index (χ1) is 9.65. The average Bonchev–Trinajstić information content (AvgIpc) is 2.47. The molecule has 20 heavy (non-hydrogen) atoms. The fourth-order valence-electron chi connectivity index (χ4n) is 2.76. The number of rotatable bonds is 5. The van der Waals surface area contributed by atoms with E-state index in [9.17, 15) is 4.79 Å². The smallest absolute Gasteiger partial charge is 0.220 e. The largest absolute Gasteiger partial charge is 0.350 e. The summed E-state index contributed by atoms with van der Waals surface area (Å²) in [5, 5.41) is 6.46. The molecule has 0 radical (unpaired) electrons. The Morgan fingerprint density at radius 2 is 1.95 bits per heavy atom. The second-order valence-electron chi connectivity index (χ2n) is 5.93. The molecule has 3 nitrogen and oxygen atoms in total. The van der Waals surface area contributed by atoms with Gasteiger partial charge in [-0.2, -0.15) is 0 Å². The highest BCUT2D eigenvalue weighted by atomic mass is 16.1. The lowest BCUT2D eigenvalue weighted by Gasteiger charge is -2.22. The van der Waals surface area contributed by atoms with E-state index in [2.05, 4.69) is 41.8 Å². The Bertz CT molecular complexity index is 421. The second kappa shape index (κ2) is 7.44. The van der Waals surface area contributed by atoms with Gasteiger partial charge in [0.2, 0.25) is 5.91 Å². The highest BCUT2D eigenvalue weighted by Gasteiger charge is 2.15. The molecule has 2 N–H and O–H groups in total. The van der Waals surface area contributed by atoms with E-state index >= 15 is 0 Å². The zero-order chi connectivity index (χ0) is 14.4. The molecule has 1 heterocycles. The molecule has 2 rings (SSSR count). The zero-order valence-corrected chi connectivity index (χ0v) is 12.6. The minimum absolute atomic E-state index is 0.0936. The van der Waals surface area contributed by atoms with Gasteiger partial charge < -0.3 is 10.6 Å². The number of carbonyl (C=O) groups is 1. The normalized spacial score (nSPS) is 17.7. The number of carbonyl (C=O) groups excluding carboxylic acids is 1. The Morgan fingerprint density at radius 1 is 1.30 bits per heavy atom. The van der Waals surface area contributed by atoms with Crippen LogP contribution in [0.3, 0.4) is 0 Å². The molecule has 1 saturated heterocycles. The highest BCUT2D eigenvalue weighted by molar-refractivity contribution is 5.76. The summed E-state index contributed by atoms with van der Waals surface area (Å²) in [7, 11) is 0.